The van der Waals surface area contributed by atoms with Gasteiger partial charge in [0.15, 0.2) is 0 Å². The molecular weight excluding hydrogens is 262 g/mol. The highest BCUT2D eigenvalue weighted by atomic mass is 16.1. The van der Waals surface area contributed by atoms with Crippen molar-refractivity contribution in [3.63, 3.8) is 0 Å². The smallest absolute Gasteiger partial charge is 0.248 e. The Morgan fingerprint density at radius 2 is 1.86 bits per heavy atom. The molecule has 3 rings (SSSR count). The standard InChI is InChI=1S/C17H15N3O/c1-10(18)11-3-2-4-12(7-11)15-9-20-16-8-13(17(19)21)5-6-14(15)16/h2-9,20H,1,18H2,(H2,19,21). The van der Waals surface area contributed by atoms with Crippen LogP contribution in [0.15, 0.2) is 55.2 Å². The molecule has 0 radical (unpaired) electrons. The minimum Gasteiger partial charge on any atom is -0.399 e. The van der Waals surface area contributed by atoms with Crippen molar-refractivity contribution >= 4 is 22.5 Å². The van der Waals surface area contributed by atoms with E-state index in [4.69, 9.17) is 11.5 Å². The molecule has 3 aromatic rings. The predicted octanol–water partition coefficient (Wildman–Crippen LogP) is 2.86. The molecule has 0 bridgehead atoms. The molecule has 21 heavy (non-hydrogen) atoms. The topological polar surface area (TPSA) is 84.9 Å². The maximum atomic E-state index is 11.2. The van der Waals surface area contributed by atoms with Crippen molar-refractivity contribution < 1.29 is 4.79 Å². The molecule has 0 saturated heterocycles. The molecule has 0 aliphatic rings. The number of carbonyl (C=O) groups is 1. The van der Waals surface area contributed by atoms with E-state index in [-0.39, 0.29) is 0 Å². The third kappa shape index (κ3) is 2.27. The van der Waals surface area contributed by atoms with E-state index >= 15 is 0 Å². The van der Waals surface area contributed by atoms with Crippen LogP contribution in [0.25, 0.3) is 27.7 Å². The molecule has 2 aromatic carbocycles. The number of H-pyrrole nitrogens is 1. The number of benzene rings is 2. The van der Waals surface area contributed by atoms with Gasteiger partial charge in [-0.15, -0.1) is 0 Å². The first-order chi connectivity index (χ1) is 10.1. The minimum absolute atomic E-state index is 0.436. The average molecular weight is 277 g/mol. The van der Waals surface area contributed by atoms with Gasteiger partial charge < -0.3 is 16.5 Å². The molecule has 4 heteroatoms. The normalized spacial score (nSPS) is 10.7. The number of carbonyl (C=O) groups excluding carboxylic acids is 1. The second kappa shape index (κ2) is 4.83. The number of fused-ring (bicyclic) bond motifs is 1. The van der Waals surface area contributed by atoms with E-state index in [1.165, 1.54) is 0 Å². The van der Waals surface area contributed by atoms with Gasteiger partial charge in [-0.3, -0.25) is 4.79 Å². The maximum Gasteiger partial charge on any atom is 0.248 e. The Morgan fingerprint density at radius 3 is 2.57 bits per heavy atom. The number of aromatic amines is 1. The number of hydrogen-bond acceptors (Lipinski definition) is 2. The van der Waals surface area contributed by atoms with Crippen LogP contribution in [-0.2, 0) is 0 Å². The summed E-state index contributed by atoms with van der Waals surface area (Å²) in [7, 11) is 0. The largest absolute Gasteiger partial charge is 0.399 e. The van der Waals surface area contributed by atoms with Gasteiger partial charge in [-0.2, -0.15) is 0 Å². The molecular formula is C17H15N3O. The van der Waals surface area contributed by atoms with Gasteiger partial charge in [-0.05, 0) is 29.3 Å². The first kappa shape index (κ1) is 13.0. The lowest BCUT2D eigenvalue weighted by Crippen LogP contribution is -2.10. The number of primary amides is 1. The highest BCUT2D eigenvalue weighted by Crippen LogP contribution is 2.30. The molecule has 0 fully saturated rings. The van der Waals surface area contributed by atoms with Crippen LogP contribution >= 0.6 is 0 Å². The molecule has 0 unspecified atom stereocenters. The van der Waals surface area contributed by atoms with Crippen LogP contribution in [0.3, 0.4) is 0 Å². The van der Waals surface area contributed by atoms with Gasteiger partial charge in [-0.1, -0.05) is 30.8 Å². The van der Waals surface area contributed by atoms with Crippen LogP contribution in [0.2, 0.25) is 0 Å². The quantitative estimate of drug-likeness (QED) is 0.687. The fourth-order valence-electron chi connectivity index (χ4n) is 2.40. The second-order valence-corrected chi connectivity index (χ2v) is 4.93. The van der Waals surface area contributed by atoms with Gasteiger partial charge in [0, 0.05) is 33.9 Å². The molecule has 1 amide bonds. The van der Waals surface area contributed by atoms with Gasteiger partial charge in [0.1, 0.15) is 0 Å². The molecule has 5 N–H and O–H groups in total. The third-order valence-electron chi connectivity index (χ3n) is 3.51. The van der Waals surface area contributed by atoms with Gasteiger partial charge in [0.25, 0.3) is 0 Å². The van der Waals surface area contributed by atoms with Crippen LogP contribution in [-0.4, -0.2) is 10.9 Å². The molecule has 104 valence electrons. The Morgan fingerprint density at radius 1 is 1.05 bits per heavy atom. The predicted molar refractivity (Wildman–Crippen MR) is 85.5 cm³/mol. The van der Waals surface area contributed by atoms with Crippen molar-refractivity contribution in [1.29, 1.82) is 0 Å². The molecule has 1 heterocycles. The lowest BCUT2D eigenvalue weighted by atomic mass is 10.0. The van der Waals surface area contributed by atoms with E-state index in [2.05, 4.69) is 11.6 Å². The number of aromatic nitrogens is 1. The summed E-state index contributed by atoms with van der Waals surface area (Å²) in [6.07, 6.45) is 1.91. The summed E-state index contributed by atoms with van der Waals surface area (Å²) in [6.45, 7) is 3.76. The van der Waals surface area contributed by atoms with E-state index in [1.54, 1.807) is 12.1 Å². The lowest BCUT2D eigenvalue weighted by molar-refractivity contribution is 0.100. The molecule has 4 nitrogen and oxygen atoms in total. The van der Waals surface area contributed by atoms with Crippen molar-refractivity contribution in [2.24, 2.45) is 11.5 Å². The zero-order valence-corrected chi connectivity index (χ0v) is 11.4. The Bertz CT molecular complexity index is 861. The monoisotopic (exact) mass is 277 g/mol. The number of amides is 1. The van der Waals surface area contributed by atoms with Gasteiger partial charge in [0.05, 0.1) is 0 Å². The summed E-state index contributed by atoms with van der Waals surface area (Å²) in [5.41, 5.74) is 15.9. The van der Waals surface area contributed by atoms with Gasteiger partial charge >= 0.3 is 0 Å². The first-order valence-electron chi connectivity index (χ1n) is 6.52. The number of nitrogens with one attached hydrogen (secondary N) is 1. The molecule has 0 saturated carbocycles. The number of nitrogens with two attached hydrogens (primary N) is 2. The highest BCUT2D eigenvalue weighted by molar-refractivity contribution is 6.01. The number of hydrogen-bond donors (Lipinski definition) is 3. The third-order valence-corrected chi connectivity index (χ3v) is 3.51. The maximum absolute atomic E-state index is 11.2. The van der Waals surface area contributed by atoms with Gasteiger partial charge in [0.2, 0.25) is 5.91 Å². The first-order valence-corrected chi connectivity index (χ1v) is 6.52. The van der Waals surface area contributed by atoms with Crippen LogP contribution in [0, 0.1) is 0 Å². The lowest BCUT2D eigenvalue weighted by Gasteiger charge is -2.04. The molecule has 0 aliphatic heterocycles. The van der Waals surface area contributed by atoms with E-state index in [1.807, 2.05) is 36.5 Å². The fraction of sp³-hybridized carbons (Fsp3) is 0. The Hall–Kier alpha value is -3.01. The average Bonchev–Trinajstić information content (AvgIpc) is 2.90. The van der Waals surface area contributed by atoms with Crippen molar-refractivity contribution in [3.8, 4) is 11.1 Å². The zero-order chi connectivity index (χ0) is 15.0. The molecule has 1 aromatic heterocycles. The Kier molecular flexibility index (Phi) is 2.99. The second-order valence-electron chi connectivity index (χ2n) is 4.93. The summed E-state index contributed by atoms with van der Waals surface area (Å²) in [5.74, 6) is -0.436. The summed E-state index contributed by atoms with van der Waals surface area (Å²) in [5, 5.41) is 1.03. The Labute approximate surface area is 122 Å². The van der Waals surface area contributed by atoms with Crippen LogP contribution in [0.4, 0.5) is 0 Å². The summed E-state index contributed by atoms with van der Waals surface area (Å²) >= 11 is 0. The number of rotatable bonds is 3. The van der Waals surface area contributed by atoms with Crippen LogP contribution < -0.4 is 11.5 Å². The van der Waals surface area contributed by atoms with E-state index < -0.39 is 5.91 Å². The molecule has 0 aliphatic carbocycles. The van der Waals surface area contributed by atoms with Crippen LogP contribution in [0.1, 0.15) is 15.9 Å². The Balaban J connectivity index is 2.15. The van der Waals surface area contributed by atoms with Gasteiger partial charge in [-0.25, -0.2) is 0 Å². The summed E-state index contributed by atoms with van der Waals surface area (Å²) < 4.78 is 0. The highest BCUT2D eigenvalue weighted by Gasteiger charge is 2.09. The van der Waals surface area contributed by atoms with E-state index in [0.717, 1.165) is 27.6 Å². The summed E-state index contributed by atoms with van der Waals surface area (Å²) in [6, 6.07) is 13.3. The fourth-order valence-corrected chi connectivity index (χ4v) is 2.40. The van der Waals surface area contributed by atoms with Crippen molar-refractivity contribution in [2.45, 2.75) is 0 Å². The van der Waals surface area contributed by atoms with Crippen molar-refractivity contribution in [3.05, 3.63) is 66.4 Å². The van der Waals surface area contributed by atoms with Crippen molar-refractivity contribution in [1.82, 2.24) is 4.98 Å². The van der Waals surface area contributed by atoms with E-state index in [9.17, 15) is 4.79 Å². The van der Waals surface area contributed by atoms with Crippen molar-refractivity contribution in [2.75, 3.05) is 0 Å². The minimum atomic E-state index is -0.436. The zero-order valence-electron chi connectivity index (χ0n) is 11.4. The van der Waals surface area contributed by atoms with E-state index in [0.29, 0.717) is 11.3 Å². The molecule has 0 spiro atoms. The van der Waals surface area contributed by atoms with Crippen LogP contribution in [0.5, 0.6) is 0 Å². The summed E-state index contributed by atoms with van der Waals surface area (Å²) in [4.78, 5) is 14.4. The molecule has 0 atom stereocenters. The SMILES string of the molecule is C=C(N)c1cccc(-c2c[nH]c3cc(C(N)=O)ccc23)c1.